The number of hydrogen-bond acceptors (Lipinski definition) is 6. The predicted molar refractivity (Wildman–Crippen MR) is 67.7 cm³/mol. The van der Waals surface area contributed by atoms with Gasteiger partial charge in [0.1, 0.15) is 0 Å². The van der Waals surface area contributed by atoms with Crippen LogP contribution >= 0.6 is 0 Å². The molecule has 100 valence electrons. The molecule has 1 aromatic heterocycles. The lowest BCUT2D eigenvalue weighted by Crippen LogP contribution is -2.26. The number of phenols is 2. The van der Waals surface area contributed by atoms with Crippen molar-refractivity contribution in [2.24, 2.45) is 0 Å². The number of aromatic nitrogens is 2. The van der Waals surface area contributed by atoms with Gasteiger partial charge in [0.25, 0.3) is 0 Å². The molecule has 0 spiro atoms. The molecule has 0 radical (unpaired) electrons. The highest BCUT2D eigenvalue weighted by atomic mass is 16.5. The van der Waals surface area contributed by atoms with Crippen molar-refractivity contribution in [3.8, 4) is 22.9 Å². The van der Waals surface area contributed by atoms with Crippen molar-refractivity contribution < 1.29 is 14.7 Å². The van der Waals surface area contributed by atoms with Crippen LogP contribution in [0.1, 0.15) is 31.2 Å². The molecule has 0 saturated carbocycles. The summed E-state index contributed by atoms with van der Waals surface area (Å²) in [4.78, 5) is 4.34. The normalized spacial score (nSPS) is 19.5. The van der Waals surface area contributed by atoms with Gasteiger partial charge in [-0.3, -0.25) is 0 Å². The number of hydrogen-bond donors (Lipinski definition) is 3. The molecule has 1 aliphatic rings. The minimum absolute atomic E-state index is 0.112. The van der Waals surface area contributed by atoms with Crippen LogP contribution in [0.3, 0.4) is 0 Å². The molecule has 1 aromatic carbocycles. The van der Waals surface area contributed by atoms with Gasteiger partial charge >= 0.3 is 0 Å². The quantitative estimate of drug-likeness (QED) is 0.716. The van der Waals surface area contributed by atoms with E-state index in [1.807, 2.05) is 0 Å². The van der Waals surface area contributed by atoms with Crippen LogP contribution in [0.4, 0.5) is 0 Å². The molecule has 1 fully saturated rings. The summed E-state index contributed by atoms with van der Waals surface area (Å²) in [5.74, 6) is 0.626. The zero-order chi connectivity index (χ0) is 13.2. The Bertz CT molecular complexity index is 576. The zero-order valence-corrected chi connectivity index (χ0v) is 10.3. The average Bonchev–Trinajstić information content (AvgIpc) is 2.93. The third kappa shape index (κ3) is 2.39. The smallest absolute Gasteiger partial charge is 0.244 e. The number of benzene rings is 1. The van der Waals surface area contributed by atoms with Crippen LogP contribution in [0.25, 0.3) is 11.4 Å². The molecule has 1 aliphatic heterocycles. The number of piperidine rings is 1. The Morgan fingerprint density at radius 2 is 2.11 bits per heavy atom. The van der Waals surface area contributed by atoms with E-state index in [2.05, 4.69) is 15.5 Å². The van der Waals surface area contributed by atoms with Gasteiger partial charge in [-0.2, -0.15) is 4.98 Å². The molecule has 1 atom stereocenters. The van der Waals surface area contributed by atoms with E-state index in [0.717, 1.165) is 19.4 Å². The summed E-state index contributed by atoms with van der Waals surface area (Å²) in [5, 5.41) is 26.0. The minimum atomic E-state index is -0.195. The first kappa shape index (κ1) is 12.0. The molecule has 3 rings (SSSR count). The first-order chi connectivity index (χ1) is 9.24. The van der Waals surface area contributed by atoms with Crippen LogP contribution in [0, 0.1) is 0 Å². The molecule has 2 heterocycles. The second kappa shape index (κ2) is 4.89. The summed E-state index contributed by atoms with van der Waals surface area (Å²) in [5.41, 5.74) is 0.612. The Labute approximate surface area is 110 Å². The maximum Gasteiger partial charge on any atom is 0.244 e. The lowest BCUT2D eigenvalue weighted by atomic mass is 10.1. The summed E-state index contributed by atoms with van der Waals surface area (Å²) in [7, 11) is 0. The molecule has 0 amide bonds. The van der Waals surface area contributed by atoms with Crippen LogP contribution < -0.4 is 5.32 Å². The van der Waals surface area contributed by atoms with E-state index < -0.39 is 0 Å². The van der Waals surface area contributed by atoms with Gasteiger partial charge in [0.15, 0.2) is 11.5 Å². The average molecular weight is 261 g/mol. The van der Waals surface area contributed by atoms with E-state index >= 15 is 0 Å². The number of aromatic hydroxyl groups is 2. The van der Waals surface area contributed by atoms with Gasteiger partial charge in [0.05, 0.1) is 6.04 Å². The lowest BCUT2D eigenvalue weighted by Gasteiger charge is -2.19. The van der Waals surface area contributed by atoms with Crippen LogP contribution in [0.5, 0.6) is 11.5 Å². The summed E-state index contributed by atoms with van der Waals surface area (Å²) in [6.07, 6.45) is 3.31. The molecular weight excluding hydrogens is 246 g/mol. The van der Waals surface area contributed by atoms with Crippen LogP contribution in [-0.4, -0.2) is 26.9 Å². The number of rotatable bonds is 2. The summed E-state index contributed by atoms with van der Waals surface area (Å²) < 4.78 is 5.26. The topological polar surface area (TPSA) is 91.4 Å². The molecule has 19 heavy (non-hydrogen) atoms. The number of nitrogens with zero attached hydrogens (tertiary/aromatic N) is 2. The standard InChI is InChI=1S/C13H15N3O3/c17-10-5-4-8(7-11(10)18)12-15-13(19-16-12)9-3-1-2-6-14-9/h4-5,7,9,14,17-18H,1-3,6H2/t9-/m1/s1. The Morgan fingerprint density at radius 1 is 1.21 bits per heavy atom. The fourth-order valence-corrected chi connectivity index (χ4v) is 2.22. The fourth-order valence-electron chi connectivity index (χ4n) is 2.22. The zero-order valence-electron chi connectivity index (χ0n) is 10.3. The molecule has 6 nitrogen and oxygen atoms in total. The Kier molecular flexibility index (Phi) is 3.08. The first-order valence-electron chi connectivity index (χ1n) is 6.33. The van der Waals surface area contributed by atoms with Crippen LogP contribution in [0.2, 0.25) is 0 Å². The largest absolute Gasteiger partial charge is 0.504 e. The van der Waals surface area contributed by atoms with E-state index in [1.165, 1.54) is 18.6 Å². The molecular formula is C13H15N3O3. The Balaban J connectivity index is 1.85. The fraction of sp³-hybridized carbons (Fsp3) is 0.385. The number of nitrogens with one attached hydrogen (secondary N) is 1. The maximum atomic E-state index is 9.47. The van der Waals surface area contributed by atoms with E-state index in [-0.39, 0.29) is 17.5 Å². The summed E-state index contributed by atoms with van der Waals surface area (Å²) in [6.45, 7) is 0.961. The first-order valence-corrected chi connectivity index (χ1v) is 6.33. The van der Waals surface area contributed by atoms with Crippen molar-refractivity contribution in [1.82, 2.24) is 15.5 Å². The lowest BCUT2D eigenvalue weighted by molar-refractivity contribution is 0.297. The molecule has 3 N–H and O–H groups in total. The van der Waals surface area contributed by atoms with Crippen molar-refractivity contribution in [3.63, 3.8) is 0 Å². The van der Waals surface area contributed by atoms with Gasteiger partial charge in [0.2, 0.25) is 11.7 Å². The van der Waals surface area contributed by atoms with Gasteiger partial charge in [-0.15, -0.1) is 0 Å². The third-order valence-electron chi connectivity index (χ3n) is 3.28. The van der Waals surface area contributed by atoms with E-state index in [9.17, 15) is 10.2 Å². The highest BCUT2D eigenvalue weighted by Gasteiger charge is 2.21. The predicted octanol–water partition coefficient (Wildman–Crippen LogP) is 1.96. The third-order valence-corrected chi connectivity index (χ3v) is 3.28. The van der Waals surface area contributed by atoms with Crippen LogP contribution in [0.15, 0.2) is 22.7 Å². The van der Waals surface area contributed by atoms with E-state index in [4.69, 9.17) is 4.52 Å². The van der Waals surface area contributed by atoms with Crippen molar-refractivity contribution in [1.29, 1.82) is 0 Å². The van der Waals surface area contributed by atoms with E-state index in [1.54, 1.807) is 6.07 Å². The molecule has 6 heteroatoms. The number of phenolic OH excluding ortho intramolecular Hbond substituents is 2. The van der Waals surface area contributed by atoms with Crippen molar-refractivity contribution >= 4 is 0 Å². The summed E-state index contributed by atoms with van der Waals surface area (Å²) >= 11 is 0. The monoisotopic (exact) mass is 261 g/mol. The van der Waals surface area contributed by atoms with Crippen LogP contribution in [-0.2, 0) is 0 Å². The molecule has 0 unspecified atom stereocenters. The molecule has 2 aromatic rings. The van der Waals surface area contributed by atoms with Gasteiger partial charge in [0, 0.05) is 5.56 Å². The van der Waals surface area contributed by atoms with E-state index in [0.29, 0.717) is 17.3 Å². The maximum absolute atomic E-state index is 9.47. The van der Waals surface area contributed by atoms with Gasteiger partial charge in [-0.1, -0.05) is 11.6 Å². The van der Waals surface area contributed by atoms with Gasteiger partial charge in [-0.05, 0) is 37.6 Å². The van der Waals surface area contributed by atoms with Gasteiger partial charge in [-0.25, -0.2) is 0 Å². The molecule has 0 aliphatic carbocycles. The second-order valence-corrected chi connectivity index (χ2v) is 4.66. The highest BCUT2D eigenvalue weighted by molar-refractivity contribution is 5.59. The Morgan fingerprint density at radius 3 is 2.84 bits per heavy atom. The summed E-state index contributed by atoms with van der Waals surface area (Å²) in [6, 6.07) is 4.57. The van der Waals surface area contributed by atoms with Crippen molar-refractivity contribution in [2.45, 2.75) is 25.3 Å². The molecule has 1 saturated heterocycles. The Hall–Kier alpha value is -2.08. The second-order valence-electron chi connectivity index (χ2n) is 4.66. The minimum Gasteiger partial charge on any atom is -0.504 e. The highest BCUT2D eigenvalue weighted by Crippen LogP contribution is 2.30. The van der Waals surface area contributed by atoms with Crippen molar-refractivity contribution in [2.75, 3.05) is 6.54 Å². The van der Waals surface area contributed by atoms with Gasteiger partial charge < -0.3 is 20.1 Å². The van der Waals surface area contributed by atoms with Crippen molar-refractivity contribution in [3.05, 3.63) is 24.1 Å². The SMILES string of the molecule is Oc1ccc(-c2noc([C@H]3CCCCN3)n2)cc1O. The molecule has 0 bridgehead atoms.